The van der Waals surface area contributed by atoms with Gasteiger partial charge in [0.15, 0.2) is 0 Å². The molecular weight excluding hydrogens is 190 g/mol. The van der Waals surface area contributed by atoms with Crippen LogP contribution in [-0.2, 0) is 18.4 Å². The first-order valence-corrected chi connectivity index (χ1v) is 5.27. The number of carbonyl (C=O) groups is 1. The van der Waals surface area contributed by atoms with Crippen molar-refractivity contribution in [2.24, 2.45) is 13.0 Å². The Morgan fingerprint density at radius 2 is 2.33 bits per heavy atom. The lowest BCUT2D eigenvalue weighted by atomic mass is 10.1. The highest BCUT2D eigenvalue weighted by Crippen LogP contribution is 2.08. The van der Waals surface area contributed by atoms with Gasteiger partial charge in [0.05, 0.1) is 6.20 Å². The summed E-state index contributed by atoms with van der Waals surface area (Å²) in [6, 6.07) is 0. The lowest BCUT2D eigenvalue weighted by Gasteiger charge is -2.19. The Labute approximate surface area is 90.9 Å². The van der Waals surface area contributed by atoms with Crippen LogP contribution in [0, 0.1) is 5.92 Å². The molecular formula is C11H19N3O. The van der Waals surface area contributed by atoms with Crippen molar-refractivity contribution in [3.63, 3.8) is 0 Å². The third kappa shape index (κ3) is 3.08. The second kappa shape index (κ2) is 4.96. The van der Waals surface area contributed by atoms with Crippen molar-refractivity contribution in [3.05, 3.63) is 18.0 Å². The van der Waals surface area contributed by atoms with E-state index >= 15 is 0 Å². The standard InChI is InChI=1S/C11H19N3O/c1-5-9(2)11(15)13(3)7-10-6-12-14(4)8-10/h6,8-9H,5,7H2,1-4H3/t9-/m0/s1. The van der Waals surface area contributed by atoms with Crippen molar-refractivity contribution in [1.82, 2.24) is 14.7 Å². The minimum absolute atomic E-state index is 0.103. The zero-order chi connectivity index (χ0) is 11.4. The molecule has 0 aliphatic carbocycles. The Kier molecular flexibility index (Phi) is 3.88. The summed E-state index contributed by atoms with van der Waals surface area (Å²) in [4.78, 5) is 13.5. The number of hydrogen-bond acceptors (Lipinski definition) is 2. The van der Waals surface area contributed by atoms with Crippen LogP contribution in [0.2, 0.25) is 0 Å². The normalized spacial score (nSPS) is 12.5. The maximum Gasteiger partial charge on any atom is 0.225 e. The molecule has 4 nitrogen and oxygen atoms in total. The van der Waals surface area contributed by atoms with Gasteiger partial charge in [-0.3, -0.25) is 9.48 Å². The third-order valence-electron chi connectivity index (χ3n) is 2.59. The molecule has 15 heavy (non-hydrogen) atoms. The number of aromatic nitrogens is 2. The minimum Gasteiger partial charge on any atom is -0.341 e. The van der Waals surface area contributed by atoms with Gasteiger partial charge >= 0.3 is 0 Å². The van der Waals surface area contributed by atoms with Gasteiger partial charge in [-0.25, -0.2) is 0 Å². The van der Waals surface area contributed by atoms with Crippen LogP contribution >= 0.6 is 0 Å². The molecule has 1 atom stereocenters. The first-order chi connectivity index (χ1) is 7.04. The SMILES string of the molecule is CC[C@H](C)C(=O)N(C)Cc1cnn(C)c1. The maximum atomic E-state index is 11.8. The van der Waals surface area contributed by atoms with Crippen LogP contribution in [0.15, 0.2) is 12.4 Å². The number of nitrogens with zero attached hydrogens (tertiary/aromatic N) is 3. The molecule has 1 aromatic heterocycles. The monoisotopic (exact) mass is 209 g/mol. The van der Waals surface area contributed by atoms with E-state index in [0.717, 1.165) is 12.0 Å². The Balaban J connectivity index is 2.55. The van der Waals surface area contributed by atoms with Crippen molar-refractivity contribution in [2.75, 3.05) is 7.05 Å². The summed E-state index contributed by atoms with van der Waals surface area (Å²) in [7, 11) is 3.71. The van der Waals surface area contributed by atoms with Gasteiger partial charge in [-0.2, -0.15) is 5.10 Å². The van der Waals surface area contributed by atoms with Crippen LogP contribution in [0.5, 0.6) is 0 Å². The predicted molar refractivity (Wildman–Crippen MR) is 59.1 cm³/mol. The van der Waals surface area contributed by atoms with Gasteiger partial charge in [0, 0.05) is 38.3 Å². The van der Waals surface area contributed by atoms with Gasteiger partial charge in [0.25, 0.3) is 0 Å². The molecule has 0 N–H and O–H groups in total. The highest BCUT2D eigenvalue weighted by Gasteiger charge is 2.15. The molecule has 1 amide bonds. The van der Waals surface area contributed by atoms with Crippen LogP contribution in [0.25, 0.3) is 0 Å². The van der Waals surface area contributed by atoms with E-state index in [4.69, 9.17) is 0 Å². The smallest absolute Gasteiger partial charge is 0.225 e. The largest absolute Gasteiger partial charge is 0.341 e. The van der Waals surface area contributed by atoms with Crippen molar-refractivity contribution >= 4 is 5.91 Å². The molecule has 0 aliphatic heterocycles. The second-order valence-corrected chi connectivity index (χ2v) is 4.03. The Bertz CT molecular complexity index is 332. The van der Waals surface area contributed by atoms with Crippen LogP contribution in [0.3, 0.4) is 0 Å². The first kappa shape index (κ1) is 11.8. The molecule has 0 spiro atoms. The zero-order valence-electron chi connectivity index (χ0n) is 9.90. The lowest BCUT2D eigenvalue weighted by molar-refractivity contribution is -0.134. The van der Waals surface area contributed by atoms with Crippen LogP contribution in [0.4, 0.5) is 0 Å². The van der Waals surface area contributed by atoms with E-state index in [9.17, 15) is 4.79 Å². The molecule has 0 aliphatic rings. The summed E-state index contributed by atoms with van der Waals surface area (Å²) in [5.74, 6) is 0.299. The van der Waals surface area contributed by atoms with Crippen molar-refractivity contribution < 1.29 is 4.79 Å². The van der Waals surface area contributed by atoms with Crippen LogP contribution in [0.1, 0.15) is 25.8 Å². The van der Waals surface area contributed by atoms with Crippen molar-refractivity contribution in [2.45, 2.75) is 26.8 Å². The van der Waals surface area contributed by atoms with E-state index in [1.54, 1.807) is 15.8 Å². The fourth-order valence-electron chi connectivity index (χ4n) is 1.46. The Hall–Kier alpha value is -1.32. The summed E-state index contributed by atoms with van der Waals surface area (Å²) in [6.45, 7) is 4.62. The van der Waals surface area contributed by atoms with Gasteiger partial charge in [-0.15, -0.1) is 0 Å². The van der Waals surface area contributed by atoms with E-state index in [0.29, 0.717) is 6.54 Å². The lowest BCUT2D eigenvalue weighted by Crippen LogP contribution is -2.30. The van der Waals surface area contributed by atoms with E-state index in [1.165, 1.54) is 0 Å². The van der Waals surface area contributed by atoms with E-state index in [-0.39, 0.29) is 11.8 Å². The number of aryl methyl sites for hydroxylation is 1. The summed E-state index contributed by atoms with van der Waals surface area (Å²) in [5, 5.41) is 4.07. The molecule has 84 valence electrons. The average Bonchev–Trinajstić information content (AvgIpc) is 2.61. The van der Waals surface area contributed by atoms with Gasteiger partial charge in [-0.1, -0.05) is 13.8 Å². The molecule has 1 aromatic rings. The highest BCUT2D eigenvalue weighted by atomic mass is 16.2. The maximum absolute atomic E-state index is 11.8. The number of carbonyl (C=O) groups excluding carboxylic acids is 1. The molecule has 1 heterocycles. The van der Waals surface area contributed by atoms with Crippen molar-refractivity contribution in [3.8, 4) is 0 Å². The molecule has 0 bridgehead atoms. The molecule has 4 heteroatoms. The van der Waals surface area contributed by atoms with Gasteiger partial charge in [-0.05, 0) is 6.42 Å². The number of rotatable bonds is 4. The summed E-state index contributed by atoms with van der Waals surface area (Å²) >= 11 is 0. The molecule has 0 unspecified atom stereocenters. The van der Waals surface area contributed by atoms with E-state index < -0.39 is 0 Å². The number of hydrogen-bond donors (Lipinski definition) is 0. The van der Waals surface area contributed by atoms with Gasteiger partial charge < -0.3 is 4.90 Å². The van der Waals surface area contributed by atoms with Gasteiger partial charge in [0.2, 0.25) is 5.91 Å². The molecule has 1 rings (SSSR count). The van der Waals surface area contributed by atoms with Crippen LogP contribution in [-0.4, -0.2) is 27.6 Å². The third-order valence-corrected chi connectivity index (χ3v) is 2.59. The highest BCUT2D eigenvalue weighted by molar-refractivity contribution is 5.78. The summed E-state index contributed by atoms with van der Waals surface area (Å²) in [5.41, 5.74) is 1.07. The van der Waals surface area contributed by atoms with E-state index in [1.807, 2.05) is 34.1 Å². The Morgan fingerprint density at radius 1 is 1.67 bits per heavy atom. The van der Waals surface area contributed by atoms with E-state index in [2.05, 4.69) is 5.10 Å². The zero-order valence-corrected chi connectivity index (χ0v) is 9.90. The second-order valence-electron chi connectivity index (χ2n) is 4.03. The predicted octanol–water partition coefficient (Wildman–Crippen LogP) is 1.42. The van der Waals surface area contributed by atoms with Crippen LogP contribution < -0.4 is 0 Å². The topological polar surface area (TPSA) is 38.1 Å². The summed E-state index contributed by atoms with van der Waals surface area (Å²) in [6.07, 6.45) is 4.61. The summed E-state index contributed by atoms with van der Waals surface area (Å²) < 4.78 is 1.75. The molecule has 0 saturated carbocycles. The first-order valence-electron chi connectivity index (χ1n) is 5.27. The quantitative estimate of drug-likeness (QED) is 0.752. The fourth-order valence-corrected chi connectivity index (χ4v) is 1.46. The number of amides is 1. The average molecular weight is 209 g/mol. The van der Waals surface area contributed by atoms with Gasteiger partial charge in [0.1, 0.15) is 0 Å². The fraction of sp³-hybridized carbons (Fsp3) is 0.636. The minimum atomic E-state index is 0.103. The molecule has 0 radical (unpaired) electrons. The molecule has 0 aromatic carbocycles. The molecule has 0 saturated heterocycles. The van der Waals surface area contributed by atoms with Crippen molar-refractivity contribution in [1.29, 1.82) is 0 Å². The Morgan fingerprint density at radius 3 is 2.80 bits per heavy atom. The molecule has 0 fully saturated rings.